The number of amides is 1. The van der Waals surface area contributed by atoms with Crippen LogP contribution in [0.5, 0.6) is 11.5 Å². The van der Waals surface area contributed by atoms with Crippen LogP contribution in [-0.2, 0) is 29.6 Å². The molecule has 0 fully saturated rings. The molecule has 3 N–H and O–H groups in total. The van der Waals surface area contributed by atoms with E-state index in [0.717, 1.165) is 30.4 Å². The normalized spacial score (nSPS) is 10.6. The fourth-order valence-corrected chi connectivity index (χ4v) is 4.38. The predicted molar refractivity (Wildman–Crippen MR) is 172 cm³/mol. The molecule has 0 bridgehead atoms. The molecular formula is C33H42ClN2NaO6. The maximum atomic E-state index is 12.5. The van der Waals surface area contributed by atoms with Crippen molar-refractivity contribution < 1.29 is 29.3 Å². The molecule has 43 heavy (non-hydrogen) atoms. The predicted octanol–water partition coefficient (Wildman–Crippen LogP) is 5.99. The average Bonchev–Trinajstić information content (AvgIpc) is 3.21. The molecule has 0 aliphatic carbocycles. The molecule has 0 radical (unpaired) electrons. The number of halogens is 1. The van der Waals surface area contributed by atoms with Crippen LogP contribution in [0.3, 0.4) is 0 Å². The van der Waals surface area contributed by atoms with Crippen LogP contribution in [0.1, 0.15) is 72.4 Å². The third-order valence-corrected chi connectivity index (χ3v) is 6.71. The summed E-state index contributed by atoms with van der Waals surface area (Å²) in [5.41, 5.74) is 3.31. The molecular weight excluding hydrogens is 579 g/mol. The number of aliphatic carboxylic acids is 1. The monoisotopic (exact) mass is 620 g/mol. The summed E-state index contributed by atoms with van der Waals surface area (Å²) in [6.45, 7) is 6.56. The van der Waals surface area contributed by atoms with Crippen molar-refractivity contribution in [2.75, 3.05) is 7.11 Å². The number of nitrogens with one attached hydrogen (secondary N) is 1. The molecule has 1 amide bonds. The van der Waals surface area contributed by atoms with Crippen LogP contribution in [0.4, 0.5) is 0 Å². The first-order valence-electron chi connectivity index (χ1n) is 13.9. The van der Waals surface area contributed by atoms with Gasteiger partial charge in [-0.3, -0.25) is 14.4 Å². The first-order valence-corrected chi connectivity index (χ1v) is 14.3. The molecule has 0 unspecified atom stereocenters. The molecule has 3 rings (SSSR count). The van der Waals surface area contributed by atoms with Gasteiger partial charge in [0.1, 0.15) is 0 Å². The second-order valence-corrected chi connectivity index (χ2v) is 10.8. The number of carboxylic acids is 1. The van der Waals surface area contributed by atoms with Crippen molar-refractivity contribution in [3.63, 3.8) is 0 Å². The standard InChI is InChI=1S/C18H27NO3.C15H14ClNO3.Na.H/c1-14(2)8-6-4-5-7-9-18(21)19-13-15-10-11-16(20)17(12-15)22-3;1-9-7-12(8-13(18)19)17(2)14(9)15(20)10-3-5-11(16)6-4-10;;/h6,8,10-12,14,20H,4-5,7,9,13H2,1-3H3,(H,19,21);3-7H,8H2,1-2H3,(H,18,19);;/b8-6-;;;. The summed E-state index contributed by atoms with van der Waals surface area (Å²) in [5, 5.41) is 21.8. The van der Waals surface area contributed by atoms with E-state index in [9.17, 15) is 19.5 Å². The van der Waals surface area contributed by atoms with Crippen molar-refractivity contribution in [2.24, 2.45) is 13.0 Å². The number of hydrogen-bond acceptors (Lipinski definition) is 5. The molecule has 1 heterocycles. The van der Waals surface area contributed by atoms with E-state index in [2.05, 4.69) is 31.3 Å². The summed E-state index contributed by atoms with van der Waals surface area (Å²) in [5.74, 6) is 0.107. The third kappa shape index (κ3) is 13.0. The number of carbonyl (C=O) groups is 3. The Bertz CT molecular complexity index is 1380. The van der Waals surface area contributed by atoms with Gasteiger partial charge in [-0.05, 0) is 85.7 Å². The molecule has 8 nitrogen and oxygen atoms in total. The molecule has 3 aromatic rings. The van der Waals surface area contributed by atoms with Crippen LogP contribution < -0.4 is 10.1 Å². The number of hydrogen-bond donors (Lipinski definition) is 3. The molecule has 0 saturated carbocycles. The van der Waals surface area contributed by atoms with Gasteiger partial charge in [-0.2, -0.15) is 0 Å². The Labute approximate surface area is 281 Å². The van der Waals surface area contributed by atoms with Crippen LogP contribution >= 0.6 is 11.6 Å². The Morgan fingerprint density at radius 1 is 1.07 bits per heavy atom. The zero-order chi connectivity index (χ0) is 31.2. The zero-order valence-corrected chi connectivity index (χ0v) is 25.7. The number of rotatable bonds is 13. The molecule has 2 aromatic carbocycles. The summed E-state index contributed by atoms with van der Waals surface area (Å²) in [6, 6.07) is 13.4. The summed E-state index contributed by atoms with van der Waals surface area (Å²) in [7, 11) is 3.21. The number of phenols is 1. The summed E-state index contributed by atoms with van der Waals surface area (Å²) >= 11 is 5.80. The van der Waals surface area contributed by atoms with Crippen molar-refractivity contribution in [2.45, 2.75) is 59.4 Å². The fraction of sp³-hybridized carbons (Fsp3) is 0.364. The minimum atomic E-state index is -0.920. The Morgan fingerprint density at radius 2 is 1.74 bits per heavy atom. The van der Waals surface area contributed by atoms with Crippen LogP contribution in [0, 0.1) is 12.8 Å². The van der Waals surface area contributed by atoms with Crippen LogP contribution in [0.15, 0.2) is 60.7 Å². The SMILES string of the molecule is COc1cc(CNC(=O)CCCC/C=C\C(C)C)ccc1O.Cc1cc(CC(=O)O)n(C)c1C(=O)c1ccc(Cl)cc1.[NaH]. The Hall–Kier alpha value is -3.04. The van der Waals surface area contributed by atoms with Crippen molar-refractivity contribution >= 4 is 58.8 Å². The van der Waals surface area contributed by atoms with Gasteiger partial charge in [0.2, 0.25) is 11.7 Å². The molecule has 1 aromatic heterocycles. The number of benzene rings is 2. The van der Waals surface area contributed by atoms with Crippen molar-refractivity contribution in [1.82, 2.24) is 9.88 Å². The second kappa shape index (κ2) is 19.3. The summed E-state index contributed by atoms with van der Waals surface area (Å²) in [6.07, 6.45) is 7.77. The number of allylic oxidation sites excluding steroid dienone is 2. The molecule has 0 aliphatic rings. The summed E-state index contributed by atoms with van der Waals surface area (Å²) in [4.78, 5) is 35.1. The van der Waals surface area contributed by atoms with E-state index in [1.54, 1.807) is 67.1 Å². The quantitative estimate of drug-likeness (QED) is 0.0936. The Kier molecular flexibility index (Phi) is 17.0. The fourth-order valence-electron chi connectivity index (χ4n) is 4.25. The molecule has 0 spiro atoms. The number of ether oxygens (including phenoxy) is 1. The number of phenolic OH excluding ortho intramolecular Hbond substituents is 1. The van der Waals surface area contributed by atoms with E-state index in [4.69, 9.17) is 21.4 Å². The number of nitrogens with zero attached hydrogens (tertiary/aromatic N) is 1. The van der Waals surface area contributed by atoms with E-state index in [-0.39, 0.29) is 53.4 Å². The van der Waals surface area contributed by atoms with Gasteiger partial charge in [0.15, 0.2) is 11.5 Å². The van der Waals surface area contributed by atoms with Crippen LogP contribution in [-0.4, -0.2) is 69.1 Å². The molecule has 0 saturated heterocycles. The van der Waals surface area contributed by atoms with E-state index < -0.39 is 5.97 Å². The topological polar surface area (TPSA) is 118 Å². The van der Waals surface area contributed by atoms with Crippen molar-refractivity contribution in [3.8, 4) is 11.5 Å². The third-order valence-electron chi connectivity index (χ3n) is 6.46. The first kappa shape index (κ1) is 38.0. The van der Waals surface area contributed by atoms with E-state index in [1.165, 1.54) is 7.11 Å². The van der Waals surface area contributed by atoms with Crippen molar-refractivity contribution in [3.05, 3.63) is 93.8 Å². The second-order valence-electron chi connectivity index (χ2n) is 10.3. The molecule has 228 valence electrons. The summed E-state index contributed by atoms with van der Waals surface area (Å²) < 4.78 is 6.68. The molecule has 10 heteroatoms. The van der Waals surface area contributed by atoms with Gasteiger partial charge in [-0.15, -0.1) is 0 Å². The van der Waals surface area contributed by atoms with E-state index >= 15 is 0 Å². The van der Waals surface area contributed by atoms with Crippen LogP contribution in [0.2, 0.25) is 5.02 Å². The number of carbonyl (C=O) groups excluding carboxylic acids is 2. The number of carboxylic acid groups (broad SMARTS) is 1. The zero-order valence-electron chi connectivity index (χ0n) is 24.9. The van der Waals surface area contributed by atoms with Gasteiger partial charge in [-0.1, -0.05) is 43.7 Å². The number of methoxy groups -OCH3 is 1. The van der Waals surface area contributed by atoms with Gasteiger partial charge in [0.05, 0.1) is 19.2 Å². The van der Waals surface area contributed by atoms with Gasteiger partial charge in [0.25, 0.3) is 0 Å². The van der Waals surface area contributed by atoms with Gasteiger partial charge >= 0.3 is 35.5 Å². The average molecular weight is 621 g/mol. The Morgan fingerprint density at radius 3 is 2.35 bits per heavy atom. The number of aromatic hydroxyl groups is 1. The van der Waals surface area contributed by atoms with Gasteiger partial charge < -0.3 is 24.8 Å². The minimum absolute atomic E-state index is 0. The maximum absolute atomic E-state index is 12.5. The van der Waals surface area contributed by atoms with Gasteiger partial charge in [0, 0.05) is 36.3 Å². The molecule has 0 aliphatic heterocycles. The van der Waals surface area contributed by atoms with Gasteiger partial charge in [-0.25, -0.2) is 0 Å². The van der Waals surface area contributed by atoms with E-state index in [1.807, 2.05) is 0 Å². The first-order chi connectivity index (χ1) is 19.9. The number of aryl methyl sites for hydroxylation is 1. The molecule has 0 atom stereocenters. The van der Waals surface area contributed by atoms with Crippen LogP contribution in [0.25, 0.3) is 0 Å². The van der Waals surface area contributed by atoms with Crippen molar-refractivity contribution in [1.29, 1.82) is 0 Å². The Balaban J connectivity index is 0.000000422. The number of ketones is 1. The number of unbranched alkanes of at least 4 members (excludes halogenated alkanes) is 2. The van der Waals surface area contributed by atoms with E-state index in [0.29, 0.717) is 46.6 Å². The number of aromatic nitrogens is 1.